The predicted octanol–water partition coefficient (Wildman–Crippen LogP) is 4.72. The second-order valence-electron chi connectivity index (χ2n) is 11.9. The van der Waals surface area contributed by atoms with Gasteiger partial charge in [-0.25, -0.2) is 8.78 Å². The molecule has 0 saturated heterocycles. The van der Waals surface area contributed by atoms with Crippen molar-refractivity contribution in [1.82, 2.24) is 10.2 Å². The zero-order valence-corrected chi connectivity index (χ0v) is 22.5. The fourth-order valence-corrected chi connectivity index (χ4v) is 5.79. The van der Waals surface area contributed by atoms with Crippen molar-refractivity contribution in [3.63, 3.8) is 0 Å². The molecule has 1 aliphatic heterocycles. The maximum atomic E-state index is 13.7. The first kappa shape index (κ1) is 28.2. The first-order chi connectivity index (χ1) is 17.8. The third kappa shape index (κ3) is 6.98. The van der Waals surface area contributed by atoms with Crippen molar-refractivity contribution in [2.24, 2.45) is 5.73 Å². The van der Waals surface area contributed by atoms with Crippen molar-refractivity contribution in [3.05, 3.63) is 40.5 Å². The number of nitrogens with two attached hydrogens (primary N) is 1. The summed E-state index contributed by atoms with van der Waals surface area (Å²) in [5, 5.41) is 3.47. The summed E-state index contributed by atoms with van der Waals surface area (Å²) < 4.78 is 32.7. The standard InChI is InChI=1S/C29H39F2N3O4/c1-28(2,3)38-25(35)11-10-24(26(32)36)34-17-20-15-18(8-9-22(20)27(34)37)14-19-6-4-5-7-23(19)33-21-12-13-29(30,31)16-21/h8-9,14-15,21,23-24,33H,4-7,10-13,16-17H2,1-3H3,(H2,32,36)/b19-14+/t21-,23?,24?/m1/s1. The molecule has 2 unspecified atom stereocenters. The monoisotopic (exact) mass is 531 g/mol. The van der Waals surface area contributed by atoms with Crippen LogP contribution in [0.1, 0.15) is 100 Å². The van der Waals surface area contributed by atoms with Crippen LogP contribution in [0.2, 0.25) is 0 Å². The Morgan fingerprint density at radius 2 is 2.03 bits per heavy atom. The molecule has 7 nitrogen and oxygen atoms in total. The Balaban J connectivity index is 1.45. The number of carbonyl (C=O) groups is 3. The number of hydrogen-bond donors (Lipinski definition) is 2. The number of primary amides is 1. The summed E-state index contributed by atoms with van der Waals surface area (Å²) in [6.45, 7) is 5.53. The van der Waals surface area contributed by atoms with Crippen molar-refractivity contribution in [3.8, 4) is 0 Å². The molecule has 9 heteroatoms. The molecule has 0 spiro atoms. The molecule has 1 aromatic carbocycles. The average Bonchev–Trinajstić information content (AvgIpc) is 3.32. The number of nitrogens with one attached hydrogen (secondary N) is 1. The van der Waals surface area contributed by atoms with Crippen LogP contribution in [0.15, 0.2) is 23.8 Å². The Hall–Kier alpha value is -2.81. The summed E-state index contributed by atoms with van der Waals surface area (Å²) >= 11 is 0. The number of ether oxygens (including phenoxy) is 1. The zero-order chi connectivity index (χ0) is 27.7. The molecule has 3 aliphatic rings. The van der Waals surface area contributed by atoms with Crippen LogP contribution >= 0.6 is 0 Å². The van der Waals surface area contributed by atoms with Crippen molar-refractivity contribution in [2.45, 2.75) is 115 Å². The van der Waals surface area contributed by atoms with E-state index in [1.54, 1.807) is 26.8 Å². The molecular weight excluding hydrogens is 492 g/mol. The van der Waals surface area contributed by atoms with Gasteiger partial charge in [0.25, 0.3) is 5.91 Å². The van der Waals surface area contributed by atoms with Gasteiger partial charge in [0, 0.05) is 43.5 Å². The summed E-state index contributed by atoms with van der Waals surface area (Å²) in [4.78, 5) is 39.0. The quantitative estimate of drug-likeness (QED) is 0.473. The van der Waals surface area contributed by atoms with E-state index in [0.717, 1.165) is 36.8 Å². The van der Waals surface area contributed by atoms with Gasteiger partial charge >= 0.3 is 5.97 Å². The number of alkyl halides is 2. The van der Waals surface area contributed by atoms with E-state index < -0.39 is 29.4 Å². The van der Waals surface area contributed by atoms with Crippen LogP contribution in [0.4, 0.5) is 8.78 Å². The molecule has 3 N–H and O–H groups in total. The number of nitrogens with zero attached hydrogens (tertiary/aromatic N) is 1. The van der Waals surface area contributed by atoms with Crippen molar-refractivity contribution < 1.29 is 27.9 Å². The molecule has 38 heavy (non-hydrogen) atoms. The molecule has 3 atom stereocenters. The third-order valence-electron chi connectivity index (χ3n) is 7.56. The fourth-order valence-electron chi connectivity index (χ4n) is 5.79. The number of halogens is 2. The maximum absolute atomic E-state index is 13.7. The maximum Gasteiger partial charge on any atom is 0.306 e. The minimum absolute atomic E-state index is 0.0241. The van der Waals surface area contributed by atoms with E-state index in [4.69, 9.17) is 10.5 Å². The predicted molar refractivity (Wildman–Crippen MR) is 140 cm³/mol. The average molecular weight is 532 g/mol. The summed E-state index contributed by atoms with van der Waals surface area (Å²) in [6.07, 6.45) is 6.42. The van der Waals surface area contributed by atoms with Crippen molar-refractivity contribution in [1.29, 1.82) is 0 Å². The highest BCUT2D eigenvalue weighted by Gasteiger charge is 2.40. The molecule has 2 saturated carbocycles. The number of rotatable bonds is 8. The lowest BCUT2D eigenvalue weighted by Gasteiger charge is -2.29. The van der Waals surface area contributed by atoms with Crippen LogP contribution in [0.3, 0.4) is 0 Å². The molecule has 0 bridgehead atoms. The van der Waals surface area contributed by atoms with Gasteiger partial charge in [-0.05, 0) is 76.1 Å². The number of hydrogen-bond acceptors (Lipinski definition) is 5. The second-order valence-corrected chi connectivity index (χ2v) is 11.9. The molecular formula is C29H39F2N3O4. The van der Waals surface area contributed by atoms with E-state index >= 15 is 0 Å². The van der Waals surface area contributed by atoms with Gasteiger partial charge in [-0.1, -0.05) is 24.1 Å². The van der Waals surface area contributed by atoms with Gasteiger partial charge in [0.1, 0.15) is 11.6 Å². The van der Waals surface area contributed by atoms with Gasteiger partial charge in [0.05, 0.1) is 0 Å². The highest BCUT2D eigenvalue weighted by atomic mass is 19.3. The Labute approximate surface area is 223 Å². The molecule has 0 radical (unpaired) electrons. The normalized spacial score (nSPS) is 24.9. The van der Waals surface area contributed by atoms with Gasteiger partial charge in [0.15, 0.2) is 0 Å². The highest BCUT2D eigenvalue weighted by molar-refractivity contribution is 6.01. The van der Waals surface area contributed by atoms with Crippen LogP contribution < -0.4 is 11.1 Å². The second kappa shape index (κ2) is 11.1. The minimum atomic E-state index is -2.58. The van der Waals surface area contributed by atoms with Gasteiger partial charge in [-0.3, -0.25) is 14.4 Å². The van der Waals surface area contributed by atoms with Gasteiger partial charge < -0.3 is 20.7 Å². The van der Waals surface area contributed by atoms with Crippen LogP contribution in [-0.4, -0.2) is 52.3 Å². The van der Waals surface area contributed by atoms with Crippen molar-refractivity contribution in [2.75, 3.05) is 0 Å². The summed E-state index contributed by atoms with van der Waals surface area (Å²) in [5.41, 5.74) is 8.43. The van der Waals surface area contributed by atoms with E-state index in [1.165, 1.54) is 10.5 Å². The molecule has 1 heterocycles. The van der Waals surface area contributed by atoms with E-state index in [-0.39, 0.29) is 50.2 Å². The van der Waals surface area contributed by atoms with E-state index in [9.17, 15) is 23.2 Å². The van der Waals surface area contributed by atoms with Crippen LogP contribution in [-0.2, 0) is 20.9 Å². The van der Waals surface area contributed by atoms with E-state index in [0.29, 0.717) is 12.0 Å². The van der Waals surface area contributed by atoms with Crippen LogP contribution in [0.5, 0.6) is 0 Å². The smallest absolute Gasteiger partial charge is 0.306 e. The Morgan fingerprint density at radius 3 is 2.68 bits per heavy atom. The fraction of sp³-hybridized carbons (Fsp3) is 0.621. The Morgan fingerprint density at radius 1 is 1.26 bits per heavy atom. The SMILES string of the molecule is CC(C)(C)OC(=O)CCC(C(N)=O)N1Cc2cc(/C=C3\CCCCC3N[C@@H]3CCC(F)(F)C3)ccc2C1=O. The van der Waals surface area contributed by atoms with Crippen LogP contribution in [0.25, 0.3) is 6.08 Å². The highest BCUT2D eigenvalue weighted by Crippen LogP contribution is 2.37. The topological polar surface area (TPSA) is 102 Å². The van der Waals surface area contributed by atoms with E-state index in [1.807, 2.05) is 12.1 Å². The lowest BCUT2D eigenvalue weighted by Crippen LogP contribution is -2.45. The van der Waals surface area contributed by atoms with Gasteiger partial charge in [-0.2, -0.15) is 0 Å². The Kier molecular flexibility index (Phi) is 8.26. The first-order valence-corrected chi connectivity index (χ1v) is 13.6. The Bertz CT molecular complexity index is 1110. The third-order valence-corrected chi connectivity index (χ3v) is 7.56. The summed E-state index contributed by atoms with van der Waals surface area (Å²) in [7, 11) is 0. The number of esters is 1. The molecule has 2 fully saturated rings. The van der Waals surface area contributed by atoms with Gasteiger partial charge in [0.2, 0.25) is 11.8 Å². The number of amides is 2. The van der Waals surface area contributed by atoms with Gasteiger partial charge in [-0.15, -0.1) is 0 Å². The summed E-state index contributed by atoms with van der Waals surface area (Å²) in [5.74, 6) is -3.97. The lowest BCUT2D eigenvalue weighted by atomic mass is 9.87. The van der Waals surface area contributed by atoms with Crippen molar-refractivity contribution >= 4 is 23.9 Å². The largest absolute Gasteiger partial charge is 0.460 e. The number of fused-ring (bicyclic) bond motifs is 1. The lowest BCUT2D eigenvalue weighted by molar-refractivity contribution is -0.155. The van der Waals surface area contributed by atoms with E-state index in [2.05, 4.69) is 11.4 Å². The molecule has 2 aliphatic carbocycles. The molecule has 208 valence electrons. The zero-order valence-electron chi connectivity index (χ0n) is 22.5. The number of carbonyl (C=O) groups excluding carboxylic acids is 3. The van der Waals surface area contributed by atoms with Crippen LogP contribution in [0, 0.1) is 0 Å². The minimum Gasteiger partial charge on any atom is -0.460 e. The molecule has 2 amide bonds. The summed E-state index contributed by atoms with van der Waals surface area (Å²) in [6, 6.07) is 4.57. The molecule has 0 aromatic heterocycles. The molecule has 1 aromatic rings. The molecule has 4 rings (SSSR count). The first-order valence-electron chi connectivity index (χ1n) is 13.6. The number of benzene rings is 1.